The Labute approximate surface area is 165 Å². The van der Waals surface area contributed by atoms with Crippen molar-refractivity contribution in [1.29, 1.82) is 0 Å². The third-order valence-electron chi connectivity index (χ3n) is 4.44. The second-order valence-electron chi connectivity index (χ2n) is 6.36. The largest absolute Gasteiger partial charge is 0.490 e. The Morgan fingerprint density at radius 2 is 1.73 bits per heavy atom. The SMILES string of the molecule is CCOc1cc(C(=S)N2CCCCC2)ccc1OCc1ccc(Cl)cc1. The molecule has 0 spiro atoms. The maximum Gasteiger partial charge on any atom is 0.161 e. The van der Waals surface area contributed by atoms with Gasteiger partial charge in [-0.05, 0) is 62.1 Å². The number of hydrogen-bond acceptors (Lipinski definition) is 3. The molecule has 26 heavy (non-hydrogen) atoms. The van der Waals surface area contributed by atoms with Crippen LogP contribution in [0.4, 0.5) is 0 Å². The molecule has 0 unspecified atom stereocenters. The van der Waals surface area contributed by atoms with E-state index in [0.717, 1.165) is 45.7 Å². The Kier molecular flexibility index (Phi) is 6.75. The molecule has 0 atom stereocenters. The molecule has 2 aromatic rings. The molecule has 1 fully saturated rings. The molecular weight excluding hydrogens is 366 g/mol. The molecule has 1 heterocycles. The smallest absolute Gasteiger partial charge is 0.161 e. The zero-order valence-corrected chi connectivity index (χ0v) is 16.6. The third-order valence-corrected chi connectivity index (χ3v) is 5.19. The Morgan fingerprint density at radius 1 is 1.00 bits per heavy atom. The fourth-order valence-electron chi connectivity index (χ4n) is 3.05. The molecule has 1 aliphatic heterocycles. The fraction of sp³-hybridized carbons (Fsp3) is 0.381. The summed E-state index contributed by atoms with van der Waals surface area (Å²) in [6.45, 7) is 5.10. The van der Waals surface area contributed by atoms with Crippen molar-refractivity contribution in [3.05, 3.63) is 58.6 Å². The van der Waals surface area contributed by atoms with E-state index in [-0.39, 0.29) is 0 Å². The minimum absolute atomic E-state index is 0.465. The number of ether oxygens (including phenoxy) is 2. The second-order valence-corrected chi connectivity index (χ2v) is 7.19. The van der Waals surface area contributed by atoms with E-state index in [4.69, 9.17) is 33.3 Å². The zero-order valence-electron chi connectivity index (χ0n) is 15.0. The van der Waals surface area contributed by atoms with Gasteiger partial charge >= 0.3 is 0 Å². The molecule has 1 saturated heterocycles. The van der Waals surface area contributed by atoms with E-state index in [0.29, 0.717) is 13.2 Å². The van der Waals surface area contributed by atoms with Crippen LogP contribution < -0.4 is 9.47 Å². The van der Waals surface area contributed by atoms with Gasteiger partial charge in [0.15, 0.2) is 11.5 Å². The van der Waals surface area contributed by atoms with Gasteiger partial charge < -0.3 is 14.4 Å². The summed E-state index contributed by atoms with van der Waals surface area (Å²) < 4.78 is 11.8. The number of thiocarbonyl (C=S) groups is 1. The maximum atomic E-state index is 5.97. The first-order valence-corrected chi connectivity index (χ1v) is 9.89. The predicted octanol–water partition coefficient (Wildman–Crippen LogP) is 5.48. The van der Waals surface area contributed by atoms with Crippen LogP contribution in [0.15, 0.2) is 42.5 Å². The highest BCUT2D eigenvalue weighted by Crippen LogP contribution is 2.30. The van der Waals surface area contributed by atoms with Crippen LogP contribution in [0, 0.1) is 0 Å². The first-order valence-electron chi connectivity index (χ1n) is 9.10. The maximum absolute atomic E-state index is 5.97. The van der Waals surface area contributed by atoms with Gasteiger partial charge in [0.2, 0.25) is 0 Å². The van der Waals surface area contributed by atoms with E-state index >= 15 is 0 Å². The van der Waals surface area contributed by atoms with Crippen molar-refractivity contribution < 1.29 is 9.47 Å². The van der Waals surface area contributed by atoms with Crippen LogP contribution >= 0.6 is 23.8 Å². The van der Waals surface area contributed by atoms with Crippen molar-refractivity contribution in [2.24, 2.45) is 0 Å². The molecule has 0 aromatic heterocycles. The highest BCUT2D eigenvalue weighted by atomic mass is 35.5. The molecule has 0 N–H and O–H groups in total. The Balaban J connectivity index is 1.73. The first kappa shape index (κ1) is 19.0. The quantitative estimate of drug-likeness (QED) is 0.610. The minimum atomic E-state index is 0.465. The van der Waals surface area contributed by atoms with Gasteiger partial charge in [0.05, 0.1) is 6.61 Å². The number of piperidine rings is 1. The lowest BCUT2D eigenvalue weighted by atomic mass is 10.1. The minimum Gasteiger partial charge on any atom is -0.490 e. The van der Waals surface area contributed by atoms with E-state index in [1.54, 1.807) is 0 Å². The van der Waals surface area contributed by atoms with Crippen LogP contribution in [-0.4, -0.2) is 29.6 Å². The van der Waals surface area contributed by atoms with Crippen LogP contribution in [0.5, 0.6) is 11.5 Å². The lowest BCUT2D eigenvalue weighted by Crippen LogP contribution is -2.34. The molecule has 2 aromatic carbocycles. The van der Waals surface area contributed by atoms with E-state index in [1.807, 2.05) is 49.4 Å². The summed E-state index contributed by atoms with van der Waals surface area (Å²) in [5.74, 6) is 1.46. The van der Waals surface area contributed by atoms with Gasteiger partial charge in [0.1, 0.15) is 11.6 Å². The fourth-order valence-corrected chi connectivity index (χ4v) is 3.49. The molecule has 3 rings (SSSR count). The van der Waals surface area contributed by atoms with E-state index in [1.165, 1.54) is 19.3 Å². The molecule has 0 amide bonds. The average molecular weight is 390 g/mol. The molecule has 1 aliphatic rings. The van der Waals surface area contributed by atoms with Crippen molar-refractivity contribution in [2.45, 2.75) is 32.8 Å². The van der Waals surface area contributed by atoms with Crippen molar-refractivity contribution in [2.75, 3.05) is 19.7 Å². The van der Waals surface area contributed by atoms with Gasteiger partial charge in [-0.15, -0.1) is 0 Å². The Morgan fingerprint density at radius 3 is 2.42 bits per heavy atom. The molecule has 138 valence electrons. The van der Waals surface area contributed by atoms with Gasteiger partial charge in [0.25, 0.3) is 0 Å². The summed E-state index contributed by atoms with van der Waals surface area (Å²) in [5, 5.41) is 0.722. The topological polar surface area (TPSA) is 21.7 Å². The molecule has 0 radical (unpaired) electrons. The Hall–Kier alpha value is -1.78. The van der Waals surface area contributed by atoms with Gasteiger partial charge in [-0.3, -0.25) is 0 Å². The predicted molar refractivity (Wildman–Crippen MR) is 111 cm³/mol. The summed E-state index contributed by atoms with van der Waals surface area (Å²) in [6.07, 6.45) is 3.71. The number of likely N-dealkylation sites (tertiary alicyclic amines) is 1. The molecule has 5 heteroatoms. The van der Waals surface area contributed by atoms with Crippen molar-refractivity contribution >= 4 is 28.8 Å². The second kappa shape index (κ2) is 9.24. The molecule has 3 nitrogen and oxygen atoms in total. The molecular formula is C21H24ClNO2S. The van der Waals surface area contributed by atoms with Crippen LogP contribution in [0.25, 0.3) is 0 Å². The Bertz CT molecular complexity index is 742. The number of rotatable bonds is 6. The normalized spacial score (nSPS) is 14.2. The average Bonchev–Trinajstić information content (AvgIpc) is 2.68. The third kappa shape index (κ3) is 4.89. The summed E-state index contributed by atoms with van der Waals surface area (Å²) >= 11 is 11.6. The number of benzene rings is 2. The standard InChI is InChI=1S/C21H24ClNO2S/c1-2-24-20-14-17(21(26)23-12-4-3-5-13-23)8-11-19(20)25-15-16-6-9-18(22)10-7-16/h6-11,14H,2-5,12-13,15H2,1H3. The van der Waals surface area contributed by atoms with E-state index in [2.05, 4.69) is 4.90 Å². The zero-order chi connectivity index (χ0) is 18.4. The number of nitrogens with zero attached hydrogens (tertiary/aromatic N) is 1. The van der Waals surface area contributed by atoms with Gasteiger partial charge in [0, 0.05) is 23.7 Å². The van der Waals surface area contributed by atoms with Crippen molar-refractivity contribution in [3.63, 3.8) is 0 Å². The van der Waals surface area contributed by atoms with Gasteiger partial charge in [-0.2, -0.15) is 0 Å². The van der Waals surface area contributed by atoms with Gasteiger partial charge in [-0.25, -0.2) is 0 Å². The van der Waals surface area contributed by atoms with Crippen LogP contribution in [0.3, 0.4) is 0 Å². The first-order chi connectivity index (χ1) is 12.7. The highest BCUT2D eigenvalue weighted by Gasteiger charge is 2.17. The van der Waals surface area contributed by atoms with Crippen LogP contribution in [0.1, 0.15) is 37.3 Å². The number of hydrogen-bond donors (Lipinski definition) is 0. The lowest BCUT2D eigenvalue weighted by Gasteiger charge is -2.29. The van der Waals surface area contributed by atoms with Crippen LogP contribution in [0.2, 0.25) is 5.02 Å². The molecule has 0 bridgehead atoms. The lowest BCUT2D eigenvalue weighted by molar-refractivity contribution is 0.269. The van der Waals surface area contributed by atoms with Gasteiger partial charge in [-0.1, -0.05) is 36.0 Å². The summed E-state index contributed by atoms with van der Waals surface area (Å²) in [7, 11) is 0. The summed E-state index contributed by atoms with van der Waals surface area (Å²) in [6, 6.07) is 13.6. The molecule has 0 aliphatic carbocycles. The van der Waals surface area contributed by atoms with Crippen LogP contribution in [-0.2, 0) is 6.61 Å². The van der Waals surface area contributed by atoms with Crippen molar-refractivity contribution in [3.8, 4) is 11.5 Å². The summed E-state index contributed by atoms with van der Waals surface area (Å²) in [4.78, 5) is 3.19. The summed E-state index contributed by atoms with van der Waals surface area (Å²) in [5.41, 5.74) is 2.08. The highest BCUT2D eigenvalue weighted by molar-refractivity contribution is 7.80. The molecule has 0 saturated carbocycles. The van der Waals surface area contributed by atoms with E-state index < -0.39 is 0 Å². The van der Waals surface area contributed by atoms with E-state index in [9.17, 15) is 0 Å². The monoisotopic (exact) mass is 389 g/mol. The van der Waals surface area contributed by atoms with Crippen molar-refractivity contribution in [1.82, 2.24) is 4.90 Å². The number of halogens is 1.